The number of hydrogen-bond donors (Lipinski definition) is 2. The Balaban J connectivity index is 2.53. The van der Waals surface area contributed by atoms with Crippen LogP contribution in [-0.2, 0) is 4.79 Å². The zero-order valence-corrected chi connectivity index (χ0v) is 10.3. The summed E-state index contributed by atoms with van der Waals surface area (Å²) in [5.41, 5.74) is 6.07. The molecular formula is C12H19N3O2. The zero-order chi connectivity index (χ0) is 12.7. The van der Waals surface area contributed by atoms with Crippen LogP contribution in [0.5, 0.6) is 5.88 Å². The zero-order valence-electron chi connectivity index (χ0n) is 10.3. The van der Waals surface area contributed by atoms with Gasteiger partial charge in [0.05, 0.1) is 18.5 Å². The number of carbonyl (C=O) groups excluding carboxylic acids is 1. The van der Waals surface area contributed by atoms with E-state index in [2.05, 4.69) is 10.3 Å². The standard InChI is InChI=1S/C12H19N3O2/c1-3-17-11-5-4-10(8-14-11)15-12(16)9(2)6-7-13/h4-5,8-9H,3,6-7,13H2,1-2H3,(H,15,16). The quantitative estimate of drug-likeness (QED) is 0.784. The number of rotatable bonds is 6. The molecule has 0 aliphatic heterocycles. The van der Waals surface area contributed by atoms with Gasteiger partial charge in [-0.1, -0.05) is 6.92 Å². The first kappa shape index (κ1) is 13.4. The lowest BCUT2D eigenvalue weighted by atomic mass is 10.1. The van der Waals surface area contributed by atoms with Crippen molar-refractivity contribution in [3.8, 4) is 5.88 Å². The first-order valence-corrected chi connectivity index (χ1v) is 5.77. The number of pyridine rings is 1. The lowest BCUT2D eigenvalue weighted by Crippen LogP contribution is -2.22. The molecule has 5 heteroatoms. The van der Waals surface area contributed by atoms with Crippen molar-refractivity contribution in [2.45, 2.75) is 20.3 Å². The molecule has 1 aromatic heterocycles. The summed E-state index contributed by atoms with van der Waals surface area (Å²) in [5.74, 6) is 0.425. The van der Waals surface area contributed by atoms with E-state index in [1.165, 1.54) is 0 Å². The molecule has 3 N–H and O–H groups in total. The Hall–Kier alpha value is -1.62. The third kappa shape index (κ3) is 4.40. The van der Waals surface area contributed by atoms with Gasteiger partial charge in [-0.25, -0.2) is 4.98 Å². The Labute approximate surface area is 101 Å². The average molecular weight is 237 g/mol. The van der Waals surface area contributed by atoms with Gasteiger partial charge in [-0.05, 0) is 26.0 Å². The smallest absolute Gasteiger partial charge is 0.227 e. The number of nitrogens with one attached hydrogen (secondary N) is 1. The molecule has 0 aromatic carbocycles. The lowest BCUT2D eigenvalue weighted by molar-refractivity contribution is -0.119. The van der Waals surface area contributed by atoms with Gasteiger partial charge >= 0.3 is 0 Å². The Kier molecular flexibility index (Phi) is 5.42. The van der Waals surface area contributed by atoms with Crippen LogP contribution in [0.3, 0.4) is 0 Å². The molecule has 0 aliphatic rings. The Morgan fingerprint density at radius 2 is 2.35 bits per heavy atom. The summed E-state index contributed by atoms with van der Waals surface area (Å²) in [6.45, 7) is 4.83. The van der Waals surface area contributed by atoms with Crippen molar-refractivity contribution in [1.29, 1.82) is 0 Å². The molecule has 0 aliphatic carbocycles. The second-order valence-corrected chi connectivity index (χ2v) is 3.79. The number of hydrogen-bond acceptors (Lipinski definition) is 4. The maximum Gasteiger partial charge on any atom is 0.227 e. The number of aromatic nitrogens is 1. The Morgan fingerprint density at radius 3 is 2.88 bits per heavy atom. The Bertz CT molecular complexity index is 351. The Morgan fingerprint density at radius 1 is 1.59 bits per heavy atom. The second-order valence-electron chi connectivity index (χ2n) is 3.79. The van der Waals surface area contributed by atoms with E-state index in [0.29, 0.717) is 31.1 Å². The predicted molar refractivity (Wildman–Crippen MR) is 66.9 cm³/mol. The van der Waals surface area contributed by atoms with E-state index in [0.717, 1.165) is 0 Å². The van der Waals surface area contributed by atoms with Crippen LogP contribution in [0.15, 0.2) is 18.3 Å². The van der Waals surface area contributed by atoms with Crippen LogP contribution in [0.1, 0.15) is 20.3 Å². The third-order valence-corrected chi connectivity index (χ3v) is 2.34. The van der Waals surface area contributed by atoms with Gasteiger partial charge in [0.15, 0.2) is 0 Å². The first-order chi connectivity index (χ1) is 8.17. The molecule has 0 saturated carbocycles. The minimum absolute atomic E-state index is 0.0404. The predicted octanol–water partition coefficient (Wildman–Crippen LogP) is 1.40. The number of nitrogens with two attached hydrogens (primary N) is 1. The largest absolute Gasteiger partial charge is 0.478 e. The van der Waals surface area contributed by atoms with Crippen molar-refractivity contribution >= 4 is 11.6 Å². The fourth-order valence-corrected chi connectivity index (χ4v) is 1.33. The normalized spacial score (nSPS) is 11.9. The second kappa shape index (κ2) is 6.85. The number of carbonyl (C=O) groups is 1. The van der Waals surface area contributed by atoms with Crippen LogP contribution in [0, 0.1) is 5.92 Å². The van der Waals surface area contributed by atoms with Gasteiger partial charge in [-0.15, -0.1) is 0 Å². The maximum absolute atomic E-state index is 11.7. The van der Waals surface area contributed by atoms with E-state index >= 15 is 0 Å². The molecule has 17 heavy (non-hydrogen) atoms. The van der Waals surface area contributed by atoms with Gasteiger partial charge in [0.2, 0.25) is 11.8 Å². The van der Waals surface area contributed by atoms with Gasteiger partial charge in [0.1, 0.15) is 0 Å². The van der Waals surface area contributed by atoms with Gasteiger partial charge < -0.3 is 15.8 Å². The first-order valence-electron chi connectivity index (χ1n) is 5.77. The van der Waals surface area contributed by atoms with Crippen molar-refractivity contribution in [1.82, 2.24) is 4.98 Å². The van der Waals surface area contributed by atoms with E-state index in [-0.39, 0.29) is 11.8 Å². The molecule has 1 heterocycles. The highest BCUT2D eigenvalue weighted by atomic mass is 16.5. The topological polar surface area (TPSA) is 77.2 Å². The molecule has 0 bridgehead atoms. The number of amides is 1. The molecule has 0 radical (unpaired) electrons. The lowest BCUT2D eigenvalue weighted by Gasteiger charge is -2.11. The molecule has 0 saturated heterocycles. The molecule has 1 unspecified atom stereocenters. The van der Waals surface area contributed by atoms with E-state index in [4.69, 9.17) is 10.5 Å². The van der Waals surface area contributed by atoms with E-state index < -0.39 is 0 Å². The van der Waals surface area contributed by atoms with Gasteiger partial charge in [0.25, 0.3) is 0 Å². The SMILES string of the molecule is CCOc1ccc(NC(=O)C(C)CCN)cn1. The molecule has 0 fully saturated rings. The molecule has 1 aromatic rings. The van der Waals surface area contributed by atoms with Crippen molar-refractivity contribution in [3.05, 3.63) is 18.3 Å². The third-order valence-electron chi connectivity index (χ3n) is 2.34. The fourth-order valence-electron chi connectivity index (χ4n) is 1.33. The van der Waals surface area contributed by atoms with Crippen LogP contribution < -0.4 is 15.8 Å². The van der Waals surface area contributed by atoms with Gasteiger partial charge in [0, 0.05) is 12.0 Å². The molecule has 1 rings (SSSR count). The molecule has 5 nitrogen and oxygen atoms in total. The molecule has 1 atom stereocenters. The summed E-state index contributed by atoms with van der Waals surface area (Å²) in [5, 5.41) is 2.78. The highest BCUT2D eigenvalue weighted by Crippen LogP contribution is 2.13. The summed E-state index contributed by atoms with van der Waals surface area (Å²) in [6, 6.07) is 3.50. The van der Waals surface area contributed by atoms with Crippen LogP contribution in [0.4, 0.5) is 5.69 Å². The van der Waals surface area contributed by atoms with E-state index in [1.807, 2.05) is 13.8 Å². The number of anilines is 1. The summed E-state index contributed by atoms with van der Waals surface area (Å²) in [7, 11) is 0. The summed E-state index contributed by atoms with van der Waals surface area (Å²) < 4.78 is 5.21. The van der Waals surface area contributed by atoms with Crippen LogP contribution in [0.25, 0.3) is 0 Å². The minimum atomic E-state index is -0.0911. The van der Waals surface area contributed by atoms with Crippen LogP contribution in [0.2, 0.25) is 0 Å². The average Bonchev–Trinajstić information content (AvgIpc) is 2.32. The van der Waals surface area contributed by atoms with Gasteiger partial charge in [-0.2, -0.15) is 0 Å². The molecule has 0 spiro atoms. The van der Waals surface area contributed by atoms with Crippen molar-refractivity contribution in [2.24, 2.45) is 11.7 Å². The molecule has 1 amide bonds. The molecule has 94 valence electrons. The maximum atomic E-state index is 11.7. The van der Waals surface area contributed by atoms with E-state index in [1.54, 1.807) is 18.3 Å². The van der Waals surface area contributed by atoms with Crippen LogP contribution in [-0.4, -0.2) is 24.0 Å². The highest BCUT2D eigenvalue weighted by Gasteiger charge is 2.11. The van der Waals surface area contributed by atoms with Crippen molar-refractivity contribution in [2.75, 3.05) is 18.5 Å². The summed E-state index contributed by atoms with van der Waals surface area (Å²) in [4.78, 5) is 15.8. The fraction of sp³-hybridized carbons (Fsp3) is 0.500. The molecular weight excluding hydrogens is 218 g/mol. The summed E-state index contributed by atoms with van der Waals surface area (Å²) >= 11 is 0. The highest BCUT2D eigenvalue weighted by molar-refractivity contribution is 5.92. The van der Waals surface area contributed by atoms with Crippen molar-refractivity contribution < 1.29 is 9.53 Å². The van der Waals surface area contributed by atoms with Crippen molar-refractivity contribution in [3.63, 3.8) is 0 Å². The minimum Gasteiger partial charge on any atom is -0.478 e. The van der Waals surface area contributed by atoms with Crippen LogP contribution >= 0.6 is 0 Å². The van der Waals surface area contributed by atoms with E-state index in [9.17, 15) is 4.79 Å². The number of ether oxygens (including phenoxy) is 1. The van der Waals surface area contributed by atoms with Gasteiger partial charge in [-0.3, -0.25) is 4.79 Å². The number of nitrogens with zero attached hydrogens (tertiary/aromatic N) is 1. The monoisotopic (exact) mass is 237 g/mol. The summed E-state index contributed by atoms with van der Waals surface area (Å²) in [6.07, 6.45) is 2.26.